The highest BCUT2D eigenvalue weighted by atomic mass is 16.5. The van der Waals surface area contributed by atoms with Crippen LogP contribution in [0.2, 0.25) is 0 Å². The van der Waals surface area contributed by atoms with Crippen molar-refractivity contribution in [3.63, 3.8) is 0 Å². The summed E-state index contributed by atoms with van der Waals surface area (Å²) in [4.78, 5) is 2.59. The Hall–Kier alpha value is -1.84. The van der Waals surface area contributed by atoms with Crippen molar-refractivity contribution in [1.29, 1.82) is 0 Å². The molecule has 2 aromatic carbocycles. The Morgan fingerprint density at radius 3 is 2.74 bits per heavy atom. The van der Waals surface area contributed by atoms with Crippen LogP contribution in [0.1, 0.15) is 29.2 Å². The lowest BCUT2D eigenvalue weighted by atomic mass is 9.93. The van der Waals surface area contributed by atoms with Gasteiger partial charge in [0.15, 0.2) is 0 Å². The number of hydrogen-bond acceptors (Lipinski definition) is 3. The van der Waals surface area contributed by atoms with Crippen LogP contribution in [0.3, 0.4) is 0 Å². The molecule has 3 nitrogen and oxygen atoms in total. The molecule has 3 heteroatoms. The molecular weight excluding hydrogens is 284 g/mol. The molecule has 1 N–H and O–H groups in total. The second-order valence-corrected chi connectivity index (χ2v) is 6.18. The highest BCUT2D eigenvalue weighted by Crippen LogP contribution is 2.32. The molecule has 0 bridgehead atoms. The van der Waals surface area contributed by atoms with E-state index in [-0.39, 0.29) is 6.04 Å². The van der Waals surface area contributed by atoms with E-state index in [0.717, 1.165) is 31.9 Å². The van der Waals surface area contributed by atoms with Crippen LogP contribution < -0.4 is 10.1 Å². The molecule has 0 aromatic heterocycles. The van der Waals surface area contributed by atoms with Gasteiger partial charge in [-0.25, -0.2) is 0 Å². The highest BCUT2D eigenvalue weighted by Gasteiger charge is 2.24. The molecule has 2 aromatic rings. The molecule has 1 saturated heterocycles. The topological polar surface area (TPSA) is 24.5 Å². The third-order valence-corrected chi connectivity index (χ3v) is 4.63. The molecule has 0 aliphatic carbocycles. The molecule has 1 fully saturated rings. The number of methoxy groups -OCH3 is 1. The lowest BCUT2D eigenvalue weighted by Crippen LogP contribution is -2.33. The first kappa shape index (κ1) is 16.0. The molecule has 1 atom stereocenters. The van der Waals surface area contributed by atoms with Crippen LogP contribution in [0.15, 0.2) is 48.5 Å². The second-order valence-electron chi connectivity index (χ2n) is 6.18. The third kappa shape index (κ3) is 3.74. The number of rotatable bonds is 4. The molecule has 0 radical (unpaired) electrons. The first-order valence-corrected chi connectivity index (χ1v) is 8.44. The molecular formula is C20H26N2O. The SMILES string of the molecule is COc1cccc(C(c2ccccc2C)N2CCCNCC2)c1. The van der Waals surface area contributed by atoms with Crippen molar-refractivity contribution in [3.05, 3.63) is 65.2 Å². The Labute approximate surface area is 139 Å². The highest BCUT2D eigenvalue weighted by molar-refractivity contribution is 5.40. The minimum absolute atomic E-state index is 0.284. The summed E-state index contributed by atoms with van der Waals surface area (Å²) in [5.41, 5.74) is 4.04. The van der Waals surface area contributed by atoms with E-state index < -0.39 is 0 Å². The summed E-state index contributed by atoms with van der Waals surface area (Å²) in [5, 5.41) is 3.51. The van der Waals surface area contributed by atoms with E-state index in [2.05, 4.69) is 59.6 Å². The summed E-state index contributed by atoms with van der Waals surface area (Å²) >= 11 is 0. The van der Waals surface area contributed by atoms with Crippen LogP contribution in [0.4, 0.5) is 0 Å². The second kappa shape index (κ2) is 7.62. The number of benzene rings is 2. The maximum Gasteiger partial charge on any atom is 0.119 e. The zero-order valence-corrected chi connectivity index (χ0v) is 14.1. The number of hydrogen-bond donors (Lipinski definition) is 1. The standard InChI is InChI=1S/C20H26N2O/c1-16-7-3-4-10-19(16)20(22-13-6-11-21-12-14-22)17-8-5-9-18(15-17)23-2/h3-5,7-10,15,20-21H,6,11-14H2,1-2H3. The largest absolute Gasteiger partial charge is 0.497 e. The summed E-state index contributed by atoms with van der Waals surface area (Å²) in [6.07, 6.45) is 1.19. The monoisotopic (exact) mass is 310 g/mol. The quantitative estimate of drug-likeness (QED) is 0.937. The van der Waals surface area contributed by atoms with Crippen LogP contribution in [-0.2, 0) is 0 Å². The van der Waals surface area contributed by atoms with E-state index in [1.807, 2.05) is 6.07 Å². The predicted molar refractivity (Wildman–Crippen MR) is 95.1 cm³/mol. The van der Waals surface area contributed by atoms with E-state index in [1.54, 1.807) is 7.11 Å². The Morgan fingerprint density at radius 1 is 1.04 bits per heavy atom. The van der Waals surface area contributed by atoms with Gasteiger partial charge < -0.3 is 10.1 Å². The third-order valence-electron chi connectivity index (χ3n) is 4.63. The van der Waals surface area contributed by atoms with Crippen LogP contribution >= 0.6 is 0 Å². The number of ether oxygens (including phenoxy) is 1. The van der Waals surface area contributed by atoms with Gasteiger partial charge >= 0.3 is 0 Å². The molecule has 1 heterocycles. The minimum atomic E-state index is 0.284. The fourth-order valence-electron chi connectivity index (χ4n) is 3.42. The maximum atomic E-state index is 5.45. The molecule has 0 saturated carbocycles. The maximum absolute atomic E-state index is 5.45. The van der Waals surface area contributed by atoms with Crippen molar-refractivity contribution in [2.75, 3.05) is 33.3 Å². The van der Waals surface area contributed by atoms with E-state index in [4.69, 9.17) is 4.74 Å². The zero-order valence-electron chi connectivity index (χ0n) is 14.1. The van der Waals surface area contributed by atoms with Crippen LogP contribution in [0, 0.1) is 6.92 Å². The Bertz CT molecular complexity index is 633. The van der Waals surface area contributed by atoms with Crippen molar-refractivity contribution in [3.8, 4) is 5.75 Å². The number of nitrogens with one attached hydrogen (secondary N) is 1. The molecule has 122 valence electrons. The first-order chi connectivity index (χ1) is 11.3. The van der Waals surface area contributed by atoms with Crippen molar-refractivity contribution >= 4 is 0 Å². The van der Waals surface area contributed by atoms with Gasteiger partial charge in [-0.05, 0) is 48.7 Å². The number of nitrogens with zero attached hydrogens (tertiary/aromatic N) is 1. The average Bonchev–Trinajstić information content (AvgIpc) is 2.86. The average molecular weight is 310 g/mol. The molecule has 3 rings (SSSR count). The lowest BCUT2D eigenvalue weighted by Gasteiger charge is -2.32. The van der Waals surface area contributed by atoms with Gasteiger partial charge in [-0.3, -0.25) is 4.90 Å². The Balaban J connectivity index is 2.03. The van der Waals surface area contributed by atoms with Gasteiger partial charge in [0.25, 0.3) is 0 Å². The van der Waals surface area contributed by atoms with Gasteiger partial charge in [0.2, 0.25) is 0 Å². The summed E-state index contributed by atoms with van der Waals surface area (Å²) in [6, 6.07) is 17.5. The Morgan fingerprint density at radius 2 is 1.91 bits per heavy atom. The fourth-order valence-corrected chi connectivity index (χ4v) is 3.42. The van der Waals surface area contributed by atoms with E-state index in [0.29, 0.717) is 0 Å². The zero-order chi connectivity index (χ0) is 16.1. The summed E-state index contributed by atoms with van der Waals surface area (Å²) in [6.45, 7) is 6.54. The lowest BCUT2D eigenvalue weighted by molar-refractivity contribution is 0.240. The van der Waals surface area contributed by atoms with Gasteiger partial charge in [-0.2, -0.15) is 0 Å². The van der Waals surface area contributed by atoms with Gasteiger partial charge in [0.05, 0.1) is 13.2 Å². The first-order valence-electron chi connectivity index (χ1n) is 8.44. The predicted octanol–water partition coefficient (Wildman–Crippen LogP) is 3.39. The van der Waals surface area contributed by atoms with Crippen molar-refractivity contribution in [1.82, 2.24) is 10.2 Å². The smallest absolute Gasteiger partial charge is 0.119 e. The van der Waals surface area contributed by atoms with Gasteiger partial charge in [-0.15, -0.1) is 0 Å². The van der Waals surface area contributed by atoms with Crippen LogP contribution in [0.25, 0.3) is 0 Å². The summed E-state index contributed by atoms with van der Waals surface area (Å²) in [5.74, 6) is 0.925. The van der Waals surface area contributed by atoms with Crippen molar-refractivity contribution in [2.45, 2.75) is 19.4 Å². The van der Waals surface area contributed by atoms with Crippen molar-refractivity contribution in [2.24, 2.45) is 0 Å². The van der Waals surface area contributed by atoms with Crippen LogP contribution in [-0.4, -0.2) is 38.2 Å². The summed E-state index contributed by atoms with van der Waals surface area (Å²) in [7, 11) is 1.73. The molecule has 23 heavy (non-hydrogen) atoms. The van der Waals surface area contributed by atoms with E-state index >= 15 is 0 Å². The van der Waals surface area contributed by atoms with E-state index in [9.17, 15) is 0 Å². The minimum Gasteiger partial charge on any atom is -0.497 e. The van der Waals surface area contributed by atoms with E-state index in [1.165, 1.54) is 23.1 Å². The van der Waals surface area contributed by atoms with Gasteiger partial charge in [0.1, 0.15) is 5.75 Å². The molecule has 1 aliphatic rings. The fraction of sp³-hybridized carbons (Fsp3) is 0.400. The van der Waals surface area contributed by atoms with Crippen LogP contribution in [0.5, 0.6) is 5.75 Å². The normalized spacial score (nSPS) is 17.5. The molecule has 0 amide bonds. The van der Waals surface area contributed by atoms with Crippen molar-refractivity contribution < 1.29 is 4.74 Å². The number of aryl methyl sites for hydroxylation is 1. The van der Waals surface area contributed by atoms with Gasteiger partial charge in [-0.1, -0.05) is 36.4 Å². The molecule has 1 aliphatic heterocycles. The Kier molecular flexibility index (Phi) is 5.31. The molecule has 0 spiro atoms. The molecule has 1 unspecified atom stereocenters. The van der Waals surface area contributed by atoms with Gasteiger partial charge in [0, 0.05) is 19.6 Å². The summed E-state index contributed by atoms with van der Waals surface area (Å²) < 4.78 is 5.45.